The van der Waals surface area contributed by atoms with Gasteiger partial charge in [-0.15, -0.1) is 0 Å². The Bertz CT molecular complexity index is 1230. The van der Waals surface area contributed by atoms with E-state index in [4.69, 9.17) is 9.47 Å². The van der Waals surface area contributed by atoms with Gasteiger partial charge in [0.15, 0.2) is 11.7 Å². The highest BCUT2D eigenvalue weighted by Crippen LogP contribution is 2.41. The molecule has 0 radical (unpaired) electrons. The Morgan fingerprint density at radius 3 is 1.83 bits per heavy atom. The molecule has 7 nitrogen and oxygen atoms in total. The van der Waals surface area contributed by atoms with Gasteiger partial charge in [0.1, 0.15) is 5.60 Å². The topological polar surface area (TPSA) is 93.1 Å². The number of carbonyl (C=O) groups is 3. The van der Waals surface area contributed by atoms with E-state index in [9.17, 15) is 19.5 Å². The van der Waals surface area contributed by atoms with Gasteiger partial charge in [-0.05, 0) is 67.9 Å². The van der Waals surface area contributed by atoms with Crippen molar-refractivity contribution >= 4 is 17.7 Å². The number of methoxy groups -OCH3 is 2. The SMILES string of the molecule is COC(=O)C(Cc1ccc(C(=O)CCCN2CCC(C(O)(c3ccccc3)c3ccccc3)CC2)cc1)C(=O)OC. The van der Waals surface area contributed by atoms with Gasteiger partial charge in [-0.3, -0.25) is 14.4 Å². The van der Waals surface area contributed by atoms with Crippen LogP contribution in [0.5, 0.6) is 0 Å². The summed E-state index contributed by atoms with van der Waals surface area (Å²) in [5.41, 5.74) is 2.16. The zero-order chi connectivity index (χ0) is 29.2. The number of likely N-dealkylation sites (tertiary alicyclic amines) is 1. The first-order valence-corrected chi connectivity index (χ1v) is 14.2. The standard InChI is InChI=1S/C34H39NO6/c1-40-32(37)30(33(38)41-2)24-25-15-17-26(18-16-25)31(36)14-9-21-35-22-19-29(20-23-35)34(39,27-10-5-3-6-11-27)28-12-7-4-8-13-28/h3-8,10-13,15-18,29-30,39H,9,14,19-24H2,1-2H3. The number of ketones is 1. The smallest absolute Gasteiger partial charge is 0.320 e. The summed E-state index contributed by atoms with van der Waals surface area (Å²) in [7, 11) is 2.47. The number of carbonyl (C=O) groups excluding carboxylic acids is 3. The lowest BCUT2D eigenvalue weighted by molar-refractivity contribution is -0.158. The number of benzene rings is 3. The van der Waals surface area contributed by atoms with Gasteiger partial charge in [0.25, 0.3) is 0 Å². The molecule has 0 bridgehead atoms. The lowest BCUT2D eigenvalue weighted by atomic mass is 9.72. The molecule has 1 fully saturated rings. The highest BCUT2D eigenvalue weighted by Gasteiger charge is 2.41. The first kappa shape index (κ1) is 30.2. The van der Waals surface area contributed by atoms with Gasteiger partial charge >= 0.3 is 11.9 Å². The van der Waals surface area contributed by atoms with Crippen LogP contribution in [-0.2, 0) is 31.1 Å². The van der Waals surface area contributed by atoms with Crippen LogP contribution in [0, 0.1) is 11.8 Å². The van der Waals surface area contributed by atoms with E-state index in [1.807, 2.05) is 60.7 Å². The Morgan fingerprint density at radius 1 is 0.829 bits per heavy atom. The third kappa shape index (κ3) is 7.29. The Balaban J connectivity index is 1.28. The van der Waals surface area contributed by atoms with Crippen molar-refractivity contribution in [1.82, 2.24) is 4.90 Å². The van der Waals surface area contributed by atoms with Crippen molar-refractivity contribution in [2.24, 2.45) is 11.8 Å². The van der Waals surface area contributed by atoms with Crippen LogP contribution in [0.2, 0.25) is 0 Å². The largest absolute Gasteiger partial charge is 0.468 e. The molecule has 0 aliphatic carbocycles. The van der Waals surface area contributed by atoms with Gasteiger partial charge in [0.05, 0.1) is 14.2 Å². The van der Waals surface area contributed by atoms with Crippen LogP contribution < -0.4 is 0 Å². The summed E-state index contributed by atoms with van der Waals surface area (Å²) in [6.07, 6.45) is 3.07. The van der Waals surface area contributed by atoms with Gasteiger partial charge in [0.2, 0.25) is 0 Å². The maximum atomic E-state index is 12.8. The predicted molar refractivity (Wildman–Crippen MR) is 156 cm³/mol. The van der Waals surface area contributed by atoms with E-state index in [1.54, 1.807) is 24.3 Å². The minimum absolute atomic E-state index is 0.0615. The number of aliphatic hydroxyl groups is 1. The highest BCUT2D eigenvalue weighted by molar-refractivity contribution is 5.96. The molecule has 7 heteroatoms. The average Bonchev–Trinajstić information content (AvgIpc) is 3.04. The summed E-state index contributed by atoms with van der Waals surface area (Å²) in [4.78, 5) is 39.1. The summed E-state index contributed by atoms with van der Waals surface area (Å²) in [6.45, 7) is 2.57. The average molecular weight is 558 g/mol. The first-order chi connectivity index (χ1) is 19.9. The molecule has 0 aromatic heterocycles. The van der Waals surface area contributed by atoms with Crippen molar-refractivity contribution in [1.29, 1.82) is 0 Å². The predicted octanol–water partition coefficient (Wildman–Crippen LogP) is 4.80. The van der Waals surface area contributed by atoms with E-state index in [-0.39, 0.29) is 18.1 Å². The monoisotopic (exact) mass is 557 g/mol. The fourth-order valence-corrected chi connectivity index (χ4v) is 5.81. The number of Topliss-reactive ketones (excluding diaryl/α,β-unsaturated/α-hetero) is 1. The van der Waals surface area contributed by atoms with Crippen molar-refractivity contribution in [3.8, 4) is 0 Å². The minimum atomic E-state index is -1.04. The Kier molecular flexibility index (Phi) is 10.4. The molecule has 1 aliphatic heterocycles. The molecule has 0 atom stereocenters. The van der Waals surface area contributed by atoms with Crippen LogP contribution in [-0.4, -0.2) is 61.6 Å². The molecule has 216 valence electrons. The molecule has 0 saturated carbocycles. The molecule has 0 spiro atoms. The van der Waals surface area contributed by atoms with Crippen LogP contribution in [0.25, 0.3) is 0 Å². The first-order valence-electron chi connectivity index (χ1n) is 14.2. The lowest BCUT2D eigenvalue weighted by Gasteiger charge is -2.42. The molecule has 41 heavy (non-hydrogen) atoms. The fourth-order valence-electron chi connectivity index (χ4n) is 5.81. The van der Waals surface area contributed by atoms with Crippen LogP contribution in [0.1, 0.15) is 52.7 Å². The quantitative estimate of drug-likeness (QED) is 0.194. The molecular weight excluding hydrogens is 518 g/mol. The van der Waals surface area contributed by atoms with E-state index >= 15 is 0 Å². The molecule has 1 saturated heterocycles. The molecule has 0 amide bonds. The fraction of sp³-hybridized carbons (Fsp3) is 0.382. The van der Waals surface area contributed by atoms with Crippen LogP contribution in [0.15, 0.2) is 84.9 Å². The third-order valence-corrected chi connectivity index (χ3v) is 8.17. The summed E-state index contributed by atoms with van der Waals surface area (Å²) >= 11 is 0. The van der Waals surface area contributed by atoms with Crippen LogP contribution in [0.3, 0.4) is 0 Å². The van der Waals surface area contributed by atoms with Crippen molar-refractivity contribution in [3.05, 3.63) is 107 Å². The summed E-state index contributed by atoms with van der Waals surface area (Å²) in [5, 5.41) is 12.1. The molecule has 3 aromatic rings. The molecule has 3 aromatic carbocycles. The van der Waals surface area contributed by atoms with Crippen molar-refractivity contribution < 1.29 is 29.0 Å². The van der Waals surface area contributed by atoms with E-state index < -0.39 is 23.5 Å². The summed E-state index contributed by atoms with van der Waals surface area (Å²) in [6, 6.07) is 26.9. The zero-order valence-electron chi connectivity index (χ0n) is 23.8. The van der Waals surface area contributed by atoms with Gasteiger partial charge in [-0.2, -0.15) is 0 Å². The minimum Gasteiger partial charge on any atom is -0.468 e. The normalized spacial score (nSPS) is 14.5. The molecule has 0 unspecified atom stereocenters. The second kappa shape index (κ2) is 14.2. The Morgan fingerprint density at radius 2 is 1.34 bits per heavy atom. The van der Waals surface area contributed by atoms with Gasteiger partial charge in [-0.1, -0.05) is 84.9 Å². The van der Waals surface area contributed by atoms with Crippen LogP contribution >= 0.6 is 0 Å². The van der Waals surface area contributed by atoms with Crippen molar-refractivity contribution in [2.75, 3.05) is 33.9 Å². The second-order valence-electron chi connectivity index (χ2n) is 10.6. The second-order valence-corrected chi connectivity index (χ2v) is 10.6. The van der Waals surface area contributed by atoms with Gasteiger partial charge in [-0.25, -0.2) is 0 Å². The number of rotatable bonds is 12. The van der Waals surface area contributed by atoms with E-state index in [0.717, 1.165) is 55.6 Å². The molecule has 1 aliphatic rings. The zero-order valence-corrected chi connectivity index (χ0v) is 23.8. The Hall–Kier alpha value is -3.81. The number of piperidine rings is 1. The number of ether oxygens (including phenoxy) is 2. The van der Waals surface area contributed by atoms with E-state index in [0.29, 0.717) is 12.0 Å². The number of hydrogen-bond donors (Lipinski definition) is 1. The lowest BCUT2D eigenvalue weighted by Crippen LogP contribution is -2.44. The van der Waals surface area contributed by atoms with Crippen molar-refractivity contribution in [3.63, 3.8) is 0 Å². The summed E-state index contributed by atoms with van der Waals surface area (Å²) in [5.74, 6) is -2.17. The molecule has 4 rings (SSSR count). The van der Waals surface area contributed by atoms with E-state index in [2.05, 4.69) is 4.90 Å². The molecular formula is C34H39NO6. The highest BCUT2D eigenvalue weighted by atomic mass is 16.5. The number of nitrogens with zero attached hydrogens (tertiary/aromatic N) is 1. The van der Waals surface area contributed by atoms with Crippen molar-refractivity contribution in [2.45, 2.75) is 37.7 Å². The van der Waals surface area contributed by atoms with Gasteiger partial charge < -0.3 is 19.5 Å². The third-order valence-electron chi connectivity index (χ3n) is 8.17. The van der Waals surface area contributed by atoms with Crippen LogP contribution in [0.4, 0.5) is 0 Å². The molecule has 1 N–H and O–H groups in total. The maximum absolute atomic E-state index is 12.8. The van der Waals surface area contributed by atoms with E-state index in [1.165, 1.54) is 14.2 Å². The number of hydrogen-bond acceptors (Lipinski definition) is 7. The number of esters is 2. The summed E-state index contributed by atoms with van der Waals surface area (Å²) < 4.78 is 9.43. The Labute approximate surface area is 242 Å². The molecule has 1 heterocycles. The van der Waals surface area contributed by atoms with Gasteiger partial charge in [0, 0.05) is 12.0 Å². The maximum Gasteiger partial charge on any atom is 0.320 e.